The third kappa shape index (κ3) is 4.54. The van der Waals surface area contributed by atoms with Gasteiger partial charge in [0.15, 0.2) is 0 Å². The van der Waals surface area contributed by atoms with E-state index in [0.29, 0.717) is 0 Å². The van der Waals surface area contributed by atoms with Gasteiger partial charge in [0.2, 0.25) is 0 Å². The molecule has 1 saturated heterocycles. The Balaban J connectivity index is 2.03. The second kappa shape index (κ2) is 6.69. The number of carbonyl (C=O) groups is 1. The van der Waals surface area contributed by atoms with Crippen molar-refractivity contribution in [1.82, 2.24) is 19.6 Å². The molecule has 0 spiro atoms. The summed E-state index contributed by atoms with van der Waals surface area (Å²) in [7, 11) is 0. The minimum Gasteiger partial charge on any atom is -0.335 e. The molecule has 0 radical (unpaired) electrons. The van der Waals surface area contributed by atoms with Gasteiger partial charge in [-0.1, -0.05) is 0 Å². The van der Waals surface area contributed by atoms with Crippen molar-refractivity contribution in [2.24, 2.45) is 0 Å². The van der Waals surface area contributed by atoms with Crippen molar-refractivity contribution in [3.8, 4) is 0 Å². The van der Waals surface area contributed by atoms with Crippen molar-refractivity contribution in [2.45, 2.75) is 26.1 Å². The van der Waals surface area contributed by atoms with Crippen molar-refractivity contribution in [3.63, 3.8) is 0 Å². The minimum absolute atomic E-state index is 0.127. The van der Waals surface area contributed by atoms with Crippen LogP contribution in [0.15, 0.2) is 16.9 Å². The highest BCUT2D eigenvalue weighted by Gasteiger charge is 2.33. The van der Waals surface area contributed by atoms with Crippen LogP contribution in [0.3, 0.4) is 0 Å². The van der Waals surface area contributed by atoms with Crippen LogP contribution in [0.25, 0.3) is 0 Å². The van der Waals surface area contributed by atoms with E-state index in [9.17, 15) is 22.8 Å². The number of aromatic nitrogens is 2. The van der Waals surface area contributed by atoms with Crippen molar-refractivity contribution < 1.29 is 18.0 Å². The molecule has 1 aromatic heterocycles. The first-order chi connectivity index (χ1) is 10.7. The first-order valence-corrected chi connectivity index (χ1v) is 7.35. The van der Waals surface area contributed by atoms with Crippen LogP contribution < -0.4 is 5.56 Å². The molecule has 1 amide bonds. The van der Waals surface area contributed by atoms with Crippen molar-refractivity contribution in [2.75, 3.05) is 32.7 Å². The molecular weight excluding hydrogens is 313 g/mol. The van der Waals surface area contributed by atoms with Crippen LogP contribution in [0, 0.1) is 0 Å². The molecule has 2 rings (SSSR count). The van der Waals surface area contributed by atoms with Gasteiger partial charge >= 0.3 is 6.18 Å². The maximum Gasteiger partial charge on any atom is 0.401 e. The molecule has 0 aromatic carbocycles. The average molecular weight is 332 g/mol. The third-order valence-corrected chi connectivity index (χ3v) is 3.60. The Hall–Kier alpha value is -1.90. The summed E-state index contributed by atoms with van der Waals surface area (Å²) in [5.74, 6) is -0.369. The highest BCUT2D eigenvalue weighted by molar-refractivity contribution is 5.92. The Morgan fingerprint density at radius 3 is 2.35 bits per heavy atom. The summed E-state index contributed by atoms with van der Waals surface area (Å²) in [6.07, 6.45) is -4.24. The van der Waals surface area contributed by atoms with Gasteiger partial charge in [-0.3, -0.25) is 14.5 Å². The van der Waals surface area contributed by atoms with Crippen LogP contribution in [0.5, 0.6) is 0 Å². The van der Waals surface area contributed by atoms with Crippen molar-refractivity contribution >= 4 is 5.91 Å². The fraction of sp³-hybridized carbons (Fsp3) is 0.643. The maximum atomic E-state index is 12.4. The van der Waals surface area contributed by atoms with Gasteiger partial charge in [0.05, 0.1) is 12.6 Å². The zero-order valence-electron chi connectivity index (χ0n) is 13.0. The first kappa shape index (κ1) is 17.5. The minimum atomic E-state index is -4.24. The predicted octanol–water partition coefficient (Wildman–Crippen LogP) is 1.14. The highest BCUT2D eigenvalue weighted by atomic mass is 19.4. The van der Waals surface area contributed by atoms with E-state index in [2.05, 4.69) is 5.10 Å². The summed E-state index contributed by atoms with van der Waals surface area (Å²) in [4.78, 5) is 26.8. The smallest absolute Gasteiger partial charge is 0.335 e. The molecule has 0 atom stereocenters. The number of amides is 1. The molecule has 0 N–H and O–H groups in total. The normalized spacial score (nSPS) is 16.9. The molecule has 128 valence electrons. The number of halogens is 3. The number of alkyl halides is 3. The van der Waals surface area contributed by atoms with Gasteiger partial charge in [0.25, 0.3) is 11.5 Å². The van der Waals surface area contributed by atoms with E-state index in [-0.39, 0.29) is 49.4 Å². The summed E-state index contributed by atoms with van der Waals surface area (Å²) in [6, 6.07) is 2.45. The summed E-state index contributed by atoms with van der Waals surface area (Å²) >= 11 is 0. The van der Waals surface area contributed by atoms with E-state index >= 15 is 0 Å². The summed E-state index contributed by atoms with van der Waals surface area (Å²) in [5, 5.41) is 4.04. The van der Waals surface area contributed by atoms with Crippen LogP contribution in [-0.4, -0.2) is 64.4 Å². The van der Waals surface area contributed by atoms with E-state index in [1.165, 1.54) is 26.6 Å². The lowest BCUT2D eigenvalue weighted by atomic mass is 10.2. The second-order valence-electron chi connectivity index (χ2n) is 5.78. The molecule has 1 aliphatic heterocycles. The van der Waals surface area contributed by atoms with E-state index in [1.54, 1.807) is 13.8 Å². The molecule has 6 nitrogen and oxygen atoms in total. The fourth-order valence-electron chi connectivity index (χ4n) is 2.43. The van der Waals surface area contributed by atoms with Gasteiger partial charge in [-0.2, -0.15) is 18.3 Å². The van der Waals surface area contributed by atoms with E-state index < -0.39 is 12.7 Å². The van der Waals surface area contributed by atoms with Gasteiger partial charge < -0.3 is 4.90 Å². The lowest BCUT2D eigenvalue weighted by Gasteiger charge is -2.34. The van der Waals surface area contributed by atoms with Crippen LogP contribution in [0.2, 0.25) is 0 Å². The number of hydrogen-bond acceptors (Lipinski definition) is 4. The maximum absolute atomic E-state index is 12.4. The molecule has 1 aromatic rings. The Morgan fingerprint density at radius 1 is 1.22 bits per heavy atom. The standard InChI is InChI=1S/C14H19F3N4O2/c1-10(2)21-12(22)4-3-11(18-21)13(23)20-7-5-19(6-8-20)9-14(15,16)17/h3-4,10H,5-9H2,1-2H3. The number of hydrogen-bond donors (Lipinski definition) is 0. The van der Waals surface area contributed by atoms with Gasteiger partial charge in [-0.05, 0) is 19.9 Å². The predicted molar refractivity (Wildman–Crippen MR) is 77.3 cm³/mol. The topological polar surface area (TPSA) is 58.4 Å². The van der Waals surface area contributed by atoms with Crippen LogP contribution in [0.4, 0.5) is 13.2 Å². The number of rotatable bonds is 3. The fourth-order valence-corrected chi connectivity index (χ4v) is 2.43. The van der Waals surface area contributed by atoms with Crippen LogP contribution in [0.1, 0.15) is 30.4 Å². The molecule has 0 bridgehead atoms. The zero-order valence-corrected chi connectivity index (χ0v) is 13.0. The molecule has 0 aliphatic carbocycles. The molecule has 0 saturated carbocycles. The molecule has 1 aliphatic rings. The van der Waals surface area contributed by atoms with Gasteiger partial charge in [-0.15, -0.1) is 0 Å². The Labute approximate surface area is 131 Å². The van der Waals surface area contributed by atoms with Gasteiger partial charge in [-0.25, -0.2) is 4.68 Å². The molecule has 2 heterocycles. The van der Waals surface area contributed by atoms with Crippen molar-refractivity contribution in [1.29, 1.82) is 0 Å². The number of carbonyl (C=O) groups excluding carboxylic acids is 1. The van der Waals surface area contributed by atoms with Crippen LogP contribution >= 0.6 is 0 Å². The Morgan fingerprint density at radius 2 is 1.83 bits per heavy atom. The highest BCUT2D eigenvalue weighted by Crippen LogP contribution is 2.17. The third-order valence-electron chi connectivity index (χ3n) is 3.60. The molecule has 9 heteroatoms. The molecular formula is C14H19F3N4O2. The summed E-state index contributed by atoms with van der Waals surface area (Å²) < 4.78 is 38.3. The summed E-state index contributed by atoms with van der Waals surface area (Å²) in [6.45, 7) is 3.32. The lowest BCUT2D eigenvalue weighted by molar-refractivity contribution is -0.148. The number of piperazine rings is 1. The van der Waals surface area contributed by atoms with Gasteiger partial charge in [0, 0.05) is 32.2 Å². The van der Waals surface area contributed by atoms with E-state index in [1.807, 2.05) is 0 Å². The summed E-state index contributed by atoms with van der Waals surface area (Å²) in [5.41, 5.74) is -0.172. The van der Waals surface area contributed by atoms with Crippen molar-refractivity contribution in [3.05, 3.63) is 28.2 Å². The second-order valence-corrected chi connectivity index (χ2v) is 5.78. The monoisotopic (exact) mass is 332 g/mol. The molecule has 23 heavy (non-hydrogen) atoms. The van der Waals surface area contributed by atoms with Crippen LogP contribution in [-0.2, 0) is 0 Å². The molecule has 1 fully saturated rings. The average Bonchev–Trinajstić information content (AvgIpc) is 2.46. The van der Waals surface area contributed by atoms with E-state index in [4.69, 9.17) is 0 Å². The Bertz CT molecular complexity index is 619. The van der Waals surface area contributed by atoms with E-state index in [0.717, 1.165) is 0 Å². The first-order valence-electron chi connectivity index (χ1n) is 7.35. The Kier molecular flexibility index (Phi) is 5.08. The van der Waals surface area contributed by atoms with Gasteiger partial charge in [0.1, 0.15) is 5.69 Å². The largest absolute Gasteiger partial charge is 0.401 e. The number of nitrogens with zero attached hydrogens (tertiary/aromatic N) is 4. The quantitative estimate of drug-likeness (QED) is 0.833. The zero-order chi connectivity index (χ0) is 17.2. The lowest BCUT2D eigenvalue weighted by Crippen LogP contribution is -2.51. The SMILES string of the molecule is CC(C)n1nc(C(=O)N2CCN(CC(F)(F)F)CC2)ccc1=O. The molecule has 0 unspecified atom stereocenters.